The van der Waals surface area contributed by atoms with Crippen LogP contribution in [0.3, 0.4) is 0 Å². The molecule has 1 rings (SSSR count). The van der Waals surface area contributed by atoms with E-state index in [0.717, 1.165) is 17.9 Å². The molecule has 0 aliphatic heterocycles. The van der Waals surface area contributed by atoms with Crippen molar-refractivity contribution in [3.05, 3.63) is 45.0 Å². The summed E-state index contributed by atoms with van der Waals surface area (Å²) in [5, 5.41) is 4.11. The molecule has 15 heavy (non-hydrogen) atoms. The van der Waals surface area contributed by atoms with Crippen molar-refractivity contribution in [2.45, 2.75) is 18.9 Å². The molecule has 1 unspecified atom stereocenters. The lowest BCUT2D eigenvalue weighted by Gasteiger charge is -2.17. The highest BCUT2D eigenvalue weighted by Crippen LogP contribution is 2.26. The molecule has 1 N–H and O–H groups in total. The van der Waals surface area contributed by atoms with Crippen LogP contribution in [0.25, 0.3) is 0 Å². The second-order valence-electron chi connectivity index (χ2n) is 3.37. The first-order valence-electron chi connectivity index (χ1n) is 4.92. The summed E-state index contributed by atoms with van der Waals surface area (Å²) in [5.74, 6) is 0. The molecule has 0 spiro atoms. The van der Waals surface area contributed by atoms with Crippen LogP contribution < -0.4 is 5.32 Å². The van der Waals surface area contributed by atoms with Gasteiger partial charge in [0.25, 0.3) is 0 Å². The van der Waals surface area contributed by atoms with Crippen molar-refractivity contribution in [3.63, 3.8) is 0 Å². The van der Waals surface area contributed by atoms with Crippen LogP contribution in [0.1, 0.15) is 24.4 Å². The van der Waals surface area contributed by atoms with Gasteiger partial charge in [-0.3, -0.25) is 0 Å². The maximum Gasteiger partial charge on any atom is 0.0410 e. The third kappa shape index (κ3) is 3.78. The molecule has 1 aromatic carbocycles. The van der Waals surface area contributed by atoms with E-state index in [4.69, 9.17) is 11.6 Å². The van der Waals surface area contributed by atoms with E-state index in [9.17, 15) is 0 Å². The Morgan fingerprint density at radius 3 is 2.93 bits per heavy atom. The molecule has 0 aliphatic rings. The SMILES string of the molecule is C=CCCC(NC)c1cc(Cl)ccc1I. The lowest BCUT2D eigenvalue weighted by atomic mass is 10.0. The summed E-state index contributed by atoms with van der Waals surface area (Å²) in [4.78, 5) is 0. The lowest BCUT2D eigenvalue weighted by molar-refractivity contribution is 0.552. The topological polar surface area (TPSA) is 12.0 Å². The highest BCUT2D eigenvalue weighted by molar-refractivity contribution is 14.1. The molecule has 0 heterocycles. The second-order valence-corrected chi connectivity index (χ2v) is 4.97. The predicted molar refractivity (Wildman–Crippen MR) is 75.4 cm³/mol. The Labute approximate surface area is 110 Å². The van der Waals surface area contributed by atoms with Gasteiger partial charge in [-0.2, -0.15) is 0 Å². The van der Waals surface area contributed by atoms with Gasteiger partial charge >= 0.3 is 0 Å². The maximum atomic E-state index is 6.00. The molecule has 0 fully saturated rings. The van der Waals surface area contributed by atoms with Crippen LogP contribution in [0, 0.1) is 3.57 Å². The fraction of sp³-hybridized carbons (Fsp3) is 0.333. The molecule has 0 radical (unpaired) electrons. The molecule has 0 saturated heterocycles. The minimum Gasteiger partial charge on any atom is -0.313 e. The normalized spacial score (nSPS) is 12.5. The van der Waals surface area contributed by atoms with Gasteiger partial charge in [-0.15, -0.1) is 6.58 Å². The molecule has 1 atom stereocenters. The maximum absolute atomic E-state index is 6.00. The Morgan fingerprint density at radius 1 is 1.60 bits per heavy atom. The van der Waals surface area contributed by atoms with Gasteiger partial charge in [0, 0.05) is 14.6 Å². The van der Waals surface area contributed by atoms with Crippen LogP contribution in [0.2, 0.25) is 5.02 Å². The van der Waals surface area contributed by atoms with Gasteiger partial charge in [0.1, 0.15) is 0 Å². The summed E-state index contributed by atoms with van der Waals surface area (Å²) >= 11 is 8.34. The highest BCUT2D eigenvalue weighted by atomic mass is 127. The zero-order valence-electron chi connectivity index (χ0n) is 8.76. The summed E-state index contributed by atoms with van der Waals surface area (Å²) in [6, 6.07) is 6.37. The largest absolute Gasteiger partial charge is 0.313 e. The Bertz CT molecular complexity index is 338. The van der Waals surface area contributed by atoms with Gasteiger partial charge in [0.15, 0.2) is 0 Å². The van der Waals surface area contributed by atoms with E-state index >= 15 is 0 Å². The fourth-order valence-corrected chi connectivity index (χ4v) is 2.41. The van der Waals surface area contributed by atoms with Crippen LogP contribution >= 0.6 is 34.2 Å². The summed E-state index contributed by atoms with van der Waals surface area (Å²) in [6.45, 7) is 3.74. The first-order chi connectivity index (χ1) is 7.19. The number of halogens is 2. The van der Waals surface area contributed by atoms with Crippen LogP contribution in [-0.4, -0.2) is 7.05 Å². The third-order valence-corrected chi connectivity index (χ3v) is 3.56. The van der Waals surface area contributed by atoms with E-state index in [1.54, 1.807) is 0 Å². The number of allylic oxidation sites excluding steroid dienone is 1. The van der Waals surface area contributed by atoms with Gasteiger partial charge in [0.05, 0.1) is 0 Å². The van der Waals surface area contributed by atoms with Crippen LogP contribution in [0.5, 0.6) is 0 Å². The van der Waals surface area contributed by atoms with Crippen molar-refractivity contribution in [2.24, 2.45) is 0 Å². The Morgan fingerprint density at radius 2 is 2.33 bits per heavy atom. The molecular formula is C12H15ClIN. The van der Waals surface area contributed by atoms with Crippen molar-refractivity contribution in [1.82, 2.24) is 5.32 Å². The second kappa shape index (κ2) is 6.51. The van der Waals surface area contributed by atoms with Crippen molar-refractivity contribution in [2.75, 3.05) is 7.05 Å². The molecule has 1 nitrogen and oxygen atoms in total. The fourth-order valence-electron chi connectivity index (χ4n) is 1.52. The van der Waals surface area contributed by atoms with E-state index in [1.165, 1.54) is 9.13 Å². The molecule has 0 aliphatic carbocycles. The standard InChI is InChI=1S/C12H15ClIN/c1-3-4-5-12(15-2)10-8-9(13)6-7-11(10)14/h3,6-8,12,15H,1,4-5H2,2H3. The van der Waals surface area contributed by atoms with E-state index in [2.05, 4.69) is 40.6 Å². The summed E-state index contributed by atoms with van der Waals surface area (Å²) < 4.78 is 1.25. The van der Waals surface area contributed by atoms with E-state index in [0.29, 0.717) is 6.04 Å². The van der Waals surface area contributed by atoms with Crippen molar-refractivity contribution in [3.8, 4) is 0 Å². The van der Waals surface area contributed by atoms with Gasteiger partial charge in [-0.25, -0.2) is 0 Å². The molecule has 82 valence electrons. The molecule has 3 heteroatoms. The van der Waals surface area contributed by atoms with Gasteiger partial charge in [-0.05, 0) is 66.2 Å². The highest BCUT2D eigenvalue weighted by Gasteiger charge is 2.11. The average molecular weight is 336 g/mol. The van der Waals surface area contributed by atoms with E-state index in [-0.39, 0.29) is 0 Å². The first kappa shape index (κ1) is 13.0. The molecule has 0 amide bonds. The smallest absolute Gasteiger partial charge is 0.0410 e. The van der Waals surface area contributed by atoms with Gasteiger partial charge in [0.2, 0.25) is 0 Å². The minimum atomic E-state index is 0.355. The first-order valence-corrected chi connectivity index (χ1v) is 6.37. The number of rotatable bonds is 5. The molecule has 0 bridgehead atoms. The number of hydrogen-bond donors (Lipinski definition) is 1. The lowest BCUT2D eigenvalue weighted by Crippen LogP contribution is -2.17. The minimum absolute atomic E-state index is 0.355. The van der Waals surface area contributed by atoms with E-state index < -0.39 is 0 Å². The summed E-state index contributed by atoms with van der Waals surface area (Å²) in [6.07, 6.45) is 4.01. The van der Waals surface area contributed by atoms with Gasteiger partial charge < -0.3 is 5.32 Å². The molecule has 0 aromatic heterocycles. The quantitative estimate of drug-likeness (QED) is 0.629. The van der Waals surface area contributed by atoms with Crippen LogP contribution in [0.4, 0.5) is 0 Å². The third-order valence-electron chi connectivity index (χ3n) is 2.34. The predicted octanol–water partition coefficient (Wildman–Crippen LogP) is 4.17. The molecule has 1 aromatic rings. The van der Waals surface area contributed by atoms with Crippen LogP contribution in [-0.2, 0) is 0 Å². The zero-order chi connectivity index (χ0) is 11.3. The van der Waals surface area contributed by atoms with E-state index in [1.807, 2.05) is 25.3 Å². The van der Waals surface area contributed by atoms with Crippen LogP contribution in [0.15, 0.2) is 30.9 Å². The zero-order valence-corrected chi connectivity index (χ0v) is 11.7. The average Bonchev–Trinajstić information content (AvgIpc) is 2.24. The Balaban J connectivity index is 2.89. The molecular weight excluding hydrogens is 320 g/mol. The Kier molecular flexibility index (Phi) is 5.64. The monoisotopic (exact) mass is 335 g/mol. The summed E-state index contributed by atoms with van der Waals surface area (Å²) in [7, 11) is 1.98. The van der Waals surface area contributed by atoms with Crippen molar-refractivity contribution >= 4 is 34.2 Å². The van der Waals surface area contributed by atoms with Crippen molar-refractivity contribution in [1.29, 1.82) is 0 Å². The van der Waals surface area contributed by atoms with Gasteiger partial charge in [-0.1, -0.05) is 17.7 Å². The molecule has 0 saturated carbocycles. The van der Waals surface area contributed by atoms with Crippen molar-refractivity contribution < 1.29 is 0 Å². The Hall–Kier alpha value is -0.0600. The number of hydrogen-bond acceptors (Lipinski definition) is 1. The summed E-state index contributed by atoms with van der Waals surface area (Å²) in [5.41, 5.74) is 1.27. The number of benzene rings is 1. The number of nitrogens with one attached hydrogen (secondary N) is 1.